The molecule has 160 valence electrons. The lowest BCUT2D eigenvalue weighted by atomic mass is 10.0. The van der Waals surface area contributed by atoms with Gasteiger partial charge in [-0.15, -0.1) is 24.0 Å². The Bertz CT molecular complexity index is 756. The monoisotopic (exact) mass is 512 g/mol. The summed E-state index contributed by atoms with van der Waals surface area (Å²) in [5.74, 6) is 0.830. The van der Waals surface area contributed by atoms with Crippen LogP contribution in [0.5, 0.6) is 0 Å². The minimum absolute atomic E-state index is 0. The predicted octanol–water partition coefficient (Wildman–Crippen LogP) is 2.31. The van der Waals surface area contributed by atoms with E-state index in [0.29, 0.717) is 0 Å². The molecular formula is C21H33IN6O. The van der Waals surface area contributed by atoms with Crippen LogP contribution in [0.15, 0.2) is 47.7 Å². The highest BCUT2D eigenvalue weighted by Crippen LogP contribution is 2.15. The van der Waals surface area contributed by atoms with Crippen LogP contribution in [0.1, 0.15) is 19.4 Å². The molecule has 1 saturated heterocycles. The smallest absolute Gasteiger partial charge is 0.191 e. The van der Waals surface area contributed by atoms with E-state index in [-0.39, 0.29) is 29.5 Å². The number of hydrogen-bond acceptors (Lipinski definition) is 4. The SMILES string of the molecule is CN=C(NCCc1cnn(-c2ccccc2)c1)NCC(C)(C)N1CCOCC1.I. The van der Waals surface area contributed by atoms with Crippen LogP contribution < -0.4 is 10.6 Å². The second-order valence-corrected chi connectivity index (χ2v) is 7.64. The normalized spacial score (nSPS) is 15.6. The Morgan fingerprint density at radius 3 is 2.59 bits per heavy atom. The van der Waals surface area contributed by atoms with Gasteiger partial charge in [0.15, 0.2) is 5.96 Å². The van der Waals surface area contributed by atoms with Crippen molar-refractivity contribution in [3.8, 4) is 5.69 Å². The highest BCUT2D eigenvalue weighted by Gasteiger charge is 2.28. The number of aliphatic imine (C=N–C) groups is 1. The van der Waals surface area contributed by atoms with Crippen molar-refractivity contribution in [2.75, 3.05) is 46.4 Å². The first-order valence-corrected chi connectivity index (χ1v) is 9.95. The molecule has 29 heavy (non-hydrogen) atoms. The highest BCUT2D eigenvalue weighted by molar-refractivity contribution is 14.0. The standard InChI is InChI=1S/C21H32N6O.HI/c1-21(2,26-11-13-28-14-12-26)17-24-20(22-3)23-10-9-18-15-25-27(16-18)19-7-5-4-6-8-19;/h4-8,15-16H,9-14,17H2,1-3H3,(H2,22,23,24);1H. The number of guanidine groups is 1. The van der Waals surface area contributed by atoms with Crippen molar-refractivity contribution in [3.05, 3.63) is 48.3 Å². The maximum absolute atomic E-state index is 5.46. The first kappa shape index (κ1) is 23.6. The first-order chi connectivity index (χ1) is 13.6. The third-order valence-electron chi connectivity index (χ3n) is 5.14. The Morgan fingerprint density at radius 2 is 1.90 bits per heavy atom. The fourth-order valence-electron chi connectivity index (χ4n) is 3.34. The molecular weight excluding hydrogens is 479 g/mol. The summed E-state index contributed by atoms with van der Waals surface area (Å²) in [5, 5.41) is 11.3. The fraction of sp³-hybridized carbons (Fsp3) is 0.524. The lowest BCUT2D eigenvalue weighted by Gasteiger charge is -2.41. The third kappa shape index (κ3) is 6.97. The molecule has 0 unspecified atom stereocenters. The predicted molar refractivity (Wildman–Crippen MR) is 129 cm³/mol. The number of benzene rings is 1. The zero-order valence-electron chi connectivity index (χ0n) is 17.6. The number of hydrogen-bond donors (Lipinski definition) is 2. The molecule has 1 fully saturated rings. The zero-order valence-corrected chi connectivity index (χ0v) is 19.9. The van der Waals surface area contributed by atoms with Gasteiger partial charge in [0.25, 0.3) is 0 Å². The molecule has 0 atom stereocenters. The van der Waals surface area contributed by atoms with Gasteiger partial charge in [-0.25, -0.2) is 4.68 Å². The molecule has 0 spiro atoms. The molecule has 1 aliphatic rings. The summed E-state index contributed by atoms with van der Waals surface area (Å²) in [6.45, 7) is 9.74. The average molecular weight is 512 g/mol. The second kappa shape index (κ2) is 11.5. The van der Waals surface area contributed by atoms with Crippen molar-refractivity contribution in [1.82, 2.24) is 25.3 Å². The van der Waals surface area contributed by atoms with E-state index in [2.05, 4.69) is 57.8 Å². The van der Waals surface area contributed by atoms with Gasteiger partial charge in [0.2, 0.25) is 0 Å². The molecule has 8 heteroatoms. The largest absolute Gasteiger partial charge is 0.379 e. The van der Waals surface area contributed by atoms with Gasteiger partial charge in [-0.05, 0) is 38.0 Å². The van der Waals surface area contributed by atoms with Gasteiger partial charge in [-0.1, -0.05) is 18.2 Å². The Kier molecular flexibility index (Phi) is 9.38. The lowest BCUT2D eigenvalue weighted by molar-refractivity contribution is -0.00833. The Balaban J connectivity index is 0.00000300. The molecule has 0 bridgehead atoms. The van der Waals surface area contributed by atoms with Crippen LogP contribution in [0, 0.1) is 0 Å². The molecule has 1 aromatic carbocycles. The van der Waals surface area contributed by atoms with Crippen LogP contribution in [0.2, 0.25) is 0 Å². The number of morpholine rings is 1. The summed E-state index contributed by atoms with van der Waals surface area (Å²) >= 11 is 0. The van der Waals surface area contributed by atoms with Crippen molar-refractivity contribution < 1.29 is 4.74 Å². The van der Waals surface area contributed by atoms with Gasteiger partial charge in [0.05, 0.1) is 25.1 Å². The van der Waals surface area contributed by atoms with Gasteiger partial charge in [0, 0.05) is 45.0 Å². The average Bonchev–Trinajstić information content (AvgIpc) is 3.21. The van der Waals surface area contributed by atoms with Crippen molar-refractivity contribution in [2.45, 2.75) is 25.8 Å². The van der Waals surface area contributed by atoms with Crippen molar-refractivity contribution in [1.29, 1.82) is 0 Å². The summed E-state index contributed by atoms with van der Waals surface area (Å²) in [6.07, 6.45) is 4.89. The molecule has 3 rings (SSSR count). The molecule has 1 aromatic heterocycles. The topological polar surface area (TPSA) is 66.7 Å². The van der Waals surface area contributed by atoms with Crippen LogP contribution in [0.25, 0.3) is 5.69 Å². The van der Waals surface area contributed by atoms with E-state index in [0.717, 1.165) is 57.5 Å². The van der Waals surface area contributed by atoms with Crippen LogP contribution in [-0.2, 0) is 11.2 Å². The number of nitrogens with zero attached hydrogens (tertiary/aromatic N) is 4. The molecule has 0 amide bonds. The van der Waals surface area contributed by atoms with Gasteiger partial charge in [0.1, 0.15) is 0 Å². The molecule has 7 nitrogen and oxygen atoms in total. The van der Waals surface area contributed by atoms with E-state index in [1.165, 1.54) is 5.56 Å². The van der Waals surface area contributed by atoms with Crippen LogP contribution in [0.3, 0.4) is 0 Å². The van der Waals surface area contributed by atoms with Crippen molar-refractivity contribution in [3.63, 3.8) is 0 Å². The van der Waals surface area contributed by atoms with Gasteiger partial charge in [-0.3, -0.25) is 9.89 Å². The molecule has 0 aliphatic carbocycles. The number of nitrogens with one attached hydrogen (secondary N) is 2. The van der Waals surface area contributed by atoms with E-state index < -0.39 is 0 Å². The molecule has 0 saturated carbocycles. The van der Waals surface area contributed by atoms with Crippen LogP contribution in [0.4, 0.5) is 0 Å². The Morgan fingerprint density at radius 1 is 1.17 bits per heavy atom. The highest BCUT2D eigenvalue weighted by atomic mass is 127. The van der Waals surface area contributed by atoms with E-state index in [9.17, 15) is 0 Å². The summed E-state index contributed by atoms with van der Waals surface area (Å²) < 4.78 is 7.37. The zero-order chi connectivity index (χ0) is 19.8. The first-order valence-electron chi connectivity index (χ1n) is 9.95. The summed E-state index contributed by atoms with van der Waals surface area (Å²) in [7, 11) is 1.81. The van der Waals surface area contributed by atoms with E-state index in [4.69, 9.17) is 4.74 Å². The van der Waals surface area contributed by atoms with Gasteiger partial charge in [-0.2, -0.15) is 5.10 Å². The van der Waals surface area contributed by atoms with E-state index in [1.54, 1.807) is 0 Å². The van der Waals surface area contributed by atoms with Crippen molar-refractivity contribution in [2.24, 2.45) is 4.99 Å². The Labute approximate surface area is 190 Å². The van der Waals surface area contributed by atoms with Crippen molar-refractivity contribution >= 4 is 29.9 Å². The molecule has 0 radical (unpaired) electrons. The number of rotatable bonds is 7. The van der Waals surface area contributed by atoms with Crippen LogP contribution in [-0.4, -0.2) is 72.6 Å². The molecule has 2 N–H and O–H groups in total. The van der Waals surface area contributed by atoms with Crippen LogP contribution >= 0.6 is 24.0 Å². The summed E-state index contributed by atoms with van der Waals surface area (Å²) in [5.41, 5.74) is 2.32. The van der Waals surface area contributed by atoms with Gasteiger partial charge >= 0.3 is 0 Å². The quantitative estimate of drug-likeness (QED) is 0.339. The Hall–Kier alpha value is -1.65. The maximum Gasteiger partial charge on any atom is 0.191 e. The number of para-hydroxylation sites is 1. The van der Waals surface area contributed by atoms with E-state index >= 15 is 0 Å². The third-order valence-corrected chi connectivity index (χ3v) is 5.14. The number of aromatic nitrogens is 2. The minimum Gasteiger partial charge on any atom is -0.379 e. The maximum atomic E-state index is 5.46. The lowest BCUT2D eigenvalue weighted by Crippen LogP contribution is -2.56. The minimum atomic E-state index is 0. The summed E-state index contributed by atoms with van der Waals surface area (Å²) in [6, 6.07) is 10.2. The molecule has 2 aromatic rings. The van der Waals surface area contributed by atoms with Gasteiger partial charge < -0.3 is 15.4 Å². The second-order valence-electron chi connectivity index (χ2n) is 7.64. The summed E-state index contributed by atoms with van der Waals surface area (Å²) in [4.78, 5) is 6.82. The number of halogens is 1. The number of ether oxygens (including phenoxy) is 1. The fourth-order valence-corrected chi connectivity index (χ4v) is 3.34. The van der Waals surface area contributed by atoms with E-state index in [1.807, 2.05) is 36.1 Å². The molecule has 2 heterocycles. The molecule has 1 aliphatic heterocycles.